The molecule has 448 valence electrons. The van der Waals surface area contributed by atoms with E-state index < -0.39 is 74.1 Å². The van der Waals surface area contributed by atoms with Crippen molar-refractivity contribution >= 4 is 75.9 Å². The zero-order valence-corrected chi connectivity index (χ0v) is 49.7. The summed E-state index contributed by atoms with van der Waals surface area (Å²) in [5, 5.41) is 2.10. The van der Waals surface area contributed by atoms with Crippen LogP contribution in [0.1, 0.15) is 63.7 Å². The molecule has 0 N–H and O–H groups in total. The molecule has 11 aromatic rings. The van der Waals surface area contributed by atoms with Crippen molar-refractivity contribution < 1.29 is 59.1 Å². The van der Waals surface area contributed by atoms with E-state index in [1.807, 2.05) is 0 Å². The number of alkyl halides is 6. The van der Waals surface area contributed by atoms with Crippen molar-refractivity contribution in [2.45, 2.75) is 12.4 Å². The van der Waals surface area contributed by atoms with Crippen LogP contribution in [0.3, 0.4) is 0 Å². The van der Waals surface area contributed by atoms with E-state index in [9.17, 15) is 9.59 Å². The van der Waals surface area contributed by atoms with Gasteiger partial charge in [-0.05, 0) is 0 Å². The molecule has 16 heteroatoms. The molecule has 11 aromatic carbocycles. The van der Waals surface area contributed by atoms with E-state index in [2.05, 4.69) is 0 Å². The Morgan fingerprint density at radius 3 is 0.767 bits per heavy atom. The van der Waals surface area contributed by atoms with Crippen LogP contribution >= 0.6 is 13.7 Å². The molecule has 0 fully saturated rings. The van der Waals surface area contributed by atoms with Crippen LogP contribution in [0.4, 0.5) is 26.3 Å². The van der Waals surface area contributed by atoms with Crippen LogP contribution in [0.2, 0.25) is 0 Å². The third-order valence-corrected chi connectivity index (χ3v) is 27.5. The fourth-order valence-electron chi connectivity index (χ4n) is 11.7. The molecule has 0 saturated heterocycles. The van der Waals surface area contributed by atoms with Crippen LogP contribution in [0.5, 0.6) is 5.75 Å². The topological polar surface area (TPSA) is 96.0 Å². The van der Waals surface area contributed by atoms with Gasteiger partial charge in [0.1, 0.15) is 0 Å². The minimum absolute atomic E-state index is 0.0197. The van der Waals surface area contributed by atoms with E-state index in [4.69, 9.17) is 13.5 Å². The van der Waals surface area contributed by atoms with Gasteiger partial charge in [-0.15, -0.1) is 0 Å². The molecular weight excluding hydrogens is 1190 g/mol. The summed E-state index contributed by atoms with van der Waals surface area (Å²) in [6.45, 7) is -11.0. The van der Waals surface area contributed by atoms with Gasteiger partial charge in [0.2, 0.25) is 0 Å². The Morgan fingerprint density at radius 1 is 0.300 bits per heavy atom. The van der Waals surface area contributed by atoms with Crippen LogP contribution in [-0.2, 0) is 21.2 Å². The first-order valence-electron chi connectivity index (χ1n) is 28.6. The molecule has 90 heavy (non-hydrogen) atoms. The van der Waals surface area contributed by atoms with Crippen LogP contribution in [0.15, 0.2) is 309 Å². The standard InChI is InChI=1S/C74H55BF6O7P2/c76-73(77,78)60-49-61(74(79,80)81)51-62(50-60)86-75(87-89(63-29-13-3-14-30-63,64-31-15-4-16-32-64,65-33-17-5-18-34-65)52-69(82)54-41-45-58(46-42-54)71(84)56-25-9-1-10-26-56)88-90(66-35-19-6-20-36-66,67-37-21-7-22-38-67,68-39-23-8-24-40-68)53-70(83)55-43-47-59(48-44-55)72(85)57-27-11-2-12-28-57/h1-51H,52-53H2. The van der Waals surface area contributed by atoms with Gasteiger partial charge in [-0.2, -0.15) is 0 Å². The van der Waals surface area contributed by atoms with E-state index in [-0.39, 0.29) is 39.9 Å². The van der Waals surface area contributed by atoms with Crippen molar-refractivity contribution in [2.75, 3.05) is 12.3 Å². The van der Waals surface area contributed by atoms with Gasteiger partial charge < -0.3 is 0 Å². The van der Waals surface area contributed by atoms with Crippen molar-refractivity contribution in [2.24, 2.45) is 0 Å². The second-order valence-electron chi connectivity index (χ2n) is 21.5. The molecule has 0 atom stereocenters. The molecule has 0 heterocycles. The number of hydrogen-bond donors (Lipinski definition) is 0. The number of halogens is 6. The summed E-state index contributed by atoms with van der Waals surface area (Å²) < 4.78 is 114. The second kappa shape index (κ2) is 25.4. The summed E-state index contributed by atoms with van der Waals surface area (Å²) in [6, 6.07) is 82.0. The van der Waals surface area contributed by atoms with Crippen LogP contribution in [0.25, 0.3) is 0 Å². The SMILES string of the molecule is O=C(CP(OB(Oc1cc(C(F)(F)F)cc(C(F)(F)F)c1)OP(CC(=O)c1ccc(C(=O)c2ccccc2)cc1)(c1ccccc1)(c1ccccc1)c1ccccc1)(c1ccccc1)(c1ccccc1)c1ccccc1)c1ccc(C(=O)c2ccccc2)cc1. The summed E-state index contributed by atoms with van der Waals surface area (Å²) in [6.07, 6.45) is -11.9. The number of carbonyl (C=O) groups excluding carboxylic acids is 4. The molecule has 0 aliphatic heterocycles. The summed E-state index contributed by atoms with van der Waals surface area (Å²) in [4.78, 5) is 59.8. The molecule has 0 saturated carbocycles. The van der Waals surface area contributed by atoms with E-state index in [1.54, 1.807) is 243 Å². The fraction of sp³-hybridized carbons (Fsp3) is 0.0541. The van der Waals surface area contributed by atoms with Crippen molar-refractivity contribution in [1.29, 1.82) is 0 Å². The molecule has 0 amide bonds. The quantitative estimate of drug-likeness (QED) is 0.0289. The Labute approximate surface area is 516 Å². The van der Waals surface area contributed by atoms with Gasteiger partial charge in [0, 0.05) is 0 Å². The molecule has 0 radical (unpaired) electrons. The molecule has 7 nitrogen and oxygen atoms in total. The number of ketones is 4. The van der Waals surface area contributed by atoms with Crippen molar-refractivity contribution in [3.63, 3.8) is 0 Å². The van der Waals surface area contributed by atoms with Gasteiger partial charge in [0.25, 0.3) is 0 Å². The number of benzene rings is 11. The van der Waals surface area contributed by atoms with Crippen molar-refractivity contribution in [3.8, 4) is 5.75 Å². The normalized spacial score (nSPS) is 12.7. The van der Waals surface area contributed by atoms with Crippen molar-refractivity contribution in [3.05, 3.63) is 354 Å². The number of rotatable bonds is 22. The Balaban J connectivity index is 1.22. The zero-order valence-electron chi connectivity index (χ0n) is 48.0. The molecule has 0 bridgehead atoms. The van der Waals surface area contributed by atoms with Gasteiger partial charge in [-0.3, -0.25) is 0 Å². The van der Waals surface area contributed by atoms with E-state index >= 15 is 35.9 Å². The van der Waals surface area contributed by atoms with Crippen LogP contribution in [-0.4, -0.2) is 42.8 Å². The maximum absolute atomic E-state index is 16.1. The zero-order chi connectivity index (χ0) is 63.0. The summed E-state index contributed by atoms with van der Waals surface area (Å²) >= 11 is 0. The molecule has 0 aromatic heterocycles. The minimum atomic E-state index is -5.49. The molecule has 0 aliphatic rings. The molecule has 0 unspecified atom stereocenters. The molecule has 0 aliphatic carbocycles. The third-order valence-electron chi connectivity index (χ3n) is 16.1. The van der Waals surface area contributed by atoms with Crippen molar-refractivity contribution in [1.82, 2.24) is 0 Å². The Bertz CT molecular complexity index is 3850. The second-order valence-corrected chi connectivity index (χ2v) is 30.5. The van der Waals surface area contributed by atoms with Gasteiger partial charge in [-0.1, -0.05) is 0 Å². The monoisotopic (exact) mass is 1240 g/mol. The average Bonchev–Trinajstić information content (AvgIpc) is 0.692. The third kappa shape index (κ3) is 11.9. The van der Waals surface area contributed by atoms with E-state index in [0.717, 1.165) is 0 Å². The first-order chi connectivity index (χ1) is 43.4. The number of Topliss-reactive ketones (excluding diaryl/α,β-unsaturated/α-hetero) is 2. The Morgan fingerprint density at radius 2 is 0.522 bits per heavy atom. The van der Waals surface area contributed by atoms with Crippen LogP contribution in [0, 0.1) is 0 Å². The Hall–Kier alpha value is -9.68. The summed E-state index contributed by atoms with van der Waals surface area (Å²) in [5.41, 5.74) is -1.80. The maximum atomic E-state index is 16.1. The summed E-state index contributed by atoms with van der Waals surface area (Å²) in [5.74, 6) is -2.72. The van der Waals surface area contributed by atoms with Gasteiger partial charge in [0.05, 0.1) is 0 Å². The average molecular weight is 1240 g/mol. The first kappa shape index (κ1) is 62.0. The van der Waals surface area contributed by atoms with E-state index in [1.165, 1.54) is 48.5 Å². The molecule has 11 rings (SSSR count). The van der Waals surface area contributed by atoms with Gasteiger partial charge in [-0.25, -0.2) is 0 Å². The number of carbonyl (C=O) groups is 4. The predicted molar refractivity (Wildman–Crippen MR) is 346 cm³/mol. The summed E-state index contributed by atoms with van der Waals surface area (Å²) in [7, 11) is -2.50. The first-order valence-corrected chi connectivity index (χ1v) is 33.2. The molecular formula is C74H55BF6O7P2. The predicted octanol–water partition coefficient (Wildman–Crippen LogP) is 15.2. The van der Waals surface area contributed by atoms with Gasteiger partial charge >= 0.3 is 519 Å². The van der Waals surface area contributed by atoms with E-state index in [0.29, 0.717) is 55.1 Å². The van der Waals surface area contributed by atoms with Crippen LogP contribution < -0.4 is 36.5 Å². The number of hydrogen-bond acceptors (Lipinski definition) is 7. The fourth-order valence-corrected chi connectivity index (χ4v) is 22.8. The van der Waals surface area contributed by atoms with Gasteiger partial charge in [0.15, 0.2) is 0 Å². The molecule has 0 spiro atoms. The Kier molecular flexibility index (Phi) is 17.5.